The lowest BCUT2D eigenvalue weighted by atomic mass is 9.94. The molecule has 2 aliphatic rings. The average Bonchev–Trinajstić information content (AvgIpc) is 2.79. The molecule has 2 aromatic carbocycles. The number of piperazine rings is 1. The number of hydrogen-bond acceptors (Lipinski definition) is 5. The molecule has 1 saturated carbocycles. The maximum Gasteiger partial charge on any atom is 0.337 e. The van der Waals surface area contributed by atoms with Crippen LogP contribution in [0.5, 0.6) is 0 Å². The SMILES string of the molecule is O=C(O)c1cc(N2CCN(C3CCCCC3)CC2)ccc1NS(=O)(=O)c1ccc(F)cc1Cl. The van der Waals surface area contributed by atoms with Crippen molar-refractivity contribution in [3.05, 3.63) is 52.8 Å². The lowest BCUT2D eigenvalue weighted by Crippen LogP contribution is -2.50. The molecule has 0 aromatic heterocycles. The smallest absolute Gasteiger partial charge is 0.337 e. The van der Waals surface area contributed by atoms with Crippen LogP contribution in [-0.2, 0) is 10.0 Å². The van der Waals surface area contributed by atoms with Gasteiger partial charge in [0.25, 0.3) is 10.0 Å². The van der Waals surface area contributed by atoms with Crippen molar-refractivity contribution in [3.8, 4) is 0 Å². The van der Waals surface area contributed by atoms with Crippen molar-refractivity contribution in [1.29, 1.82) is 0 Å². The molecule has 2 N–H and O–H groups in total. The highest BCUT2D eigenvalue weighted by Crippen LogP contribution is 2.30. The zero-order chi connectivity index (χ0) is 23.6. The molecule has 0 unspecified atom stereocenters. The van der Waals surface area contributed by atoms with E-state index in [1.54, 1.807) is 6.07 Å². The maximum atomic E-state index is 13.3. The molecule has 178 valence electrons. The highest BCUT2D eigenvalue weighted by molar-refractivity contribution is 7.92. The summed E-state index contributed by atoms with van der Waals surface area (Å²) in [6.45, 7) is 3.41. The lowest BCUT2D eigenvalue weighted by molar-refractivity contribution is 0.0698. The van der Waals surface area contributed by atoms with Crippen molar-refractivity contribution in [1.82, 2.24) is 4.90 Å². The Morgan fingerprint density at radius 1 is 1.03 bits per heavy atom. The number of carboxylic acids is 1. The van der Waals surface area contributed by atoms with Crippen molar-refractivity contribution in [2.45, 2.75) is 43.0 Å². The van der Waals surface area contributed by atoms with Crippen LogP contribution in [0.4, 0.5) is 15.8 Å². The van der Waals surface area contributed by atoms with Crippen LogP contribution >= 0.6 is 11.6 Å². The molecule has 7 nitrogen and oxygen atoms in total. The fourth-order valence-corrected chi connectivity index (χ4v) is 6.29. The van der Waals surface area contributed by atoms with Crippen molar-refractivity contribution < 1.29 is 22.7 Å². The summed E-state index contributed by atoms with van der Waals surface area (Å²) >= 11 is 5.89. The minimum Gasteiger partial charge on any atom is -0.478 e. The molecule has 33 heavy (non-hydrogen) atoms. The first-order valence-electron chi connectivity index (χ1n) is 11.1. The third kappa shape index (κ3) is 5.42. The van der Waals surface area contributed by atoms with E-state index < -0.39 is 21.8 Å². The largest absolute Gasteiger partial charge is 0.478 e. The molecule has 10 heteroatoms. The molecule has 4 rings (SSSR count). The number of aromatic carboxylic acids is 1. The van der Waals surface area contributed by atoms with Gasteiger partial charge in [0.1, 0.15) is 10.7 Å². The summed E-state index contributed by atoms with van der Waals surface area (Å²) < 4.78 is 41.1. The predicted octanol–water partition coefficient (Wildman–Crippen LogP) is 4.43. The highest BCUT2D eigenvalue weighted by atomic mass is 35.5. The molecule has 1 aliphatic carbocycles. The van der Waals surface area contributed by atoms with Crippen LogP contribution in [-0.4, -0.2) is 56.6 Å². The van der Waals surface area contributed by atoms with Crippen LogP contribution in [0.2, 0.25) is 5.02 Å². The highest BCUT2D eigenvalue weighted by Gasteiger charge is 2.27. The Kier molecular flexibility index (Phi) is 7.11. The van der Waals surface area contributed by atoms with Crippen LogP contribution in [0.1, 0.15) is 42.5 Å². The summed E-state index contributed by atoms with van der Waals surface area (Å²) in [7, 11) is -4.21. The summed E-state index contributed by atoms with van der Waals surface area (Å²) in [5, 5.41) is 9.44. The zero-order valence-corrected chi connectivity index (χ0v) is 19.7. The Morgan fingerprint density at radius 2 is 1.73 bits per heavy atom. The van der Waals surface area contributed by atoms with Crippen LogP contribution in [0, 0.1) is 5.82 Å². The molecular formula is C23H27ClFN3O4S. The third-order valence-corrected chi connectivity index (χ3v) is 8.28. The number of hydrogen-bond donors (Lipinski definition) is 2. The third-order valence-electron chi connectivity index (χ3n) is 6.43. The number of halogens is 2. The van der Waals surface area contributed by atoms with E-state index in [0.717, 1.165) is 50.1 Å². The molecule has 0 bridgehead atoms. The Balaban J connectivity index is 1.51. The Bertz CT molecular complexity index is 1130. The molecule has 0 radical (unpaired) electrons. The number of nitrogens with zero attached hydrogens (tertiary/aromatic N) is 2. The molecule has 0 atom stereocenters. The van der Waals surface area contributed by atoms with Crippen molar-refractivity contribution >= 4 is 39.0 Å². The minimum absolute atomic E-state index is 0.0764. The number of carbonyl (C=O) groups is 1. The van der Waals surface area contributed by atoms with Gasteiger partial charge in [0.15, 0.2) is 0 Å². The van der Waals surface area contributed by atoms with E-state index in [4.69, 9.17) is 11.6 Å². The number of rotatable bonds is 6. The van der Waals surface area contributed by atoms with E-state index in [1.165, 1.54) is 44.2 Å². The molecule has 1 saturated heterocycles. The van der Waals surface area contributed by atoms with Gasteiger partial charge in [0.05, 0.1) is 16.3 Å². The second kappa shape index (κ2) is 9.87. The van der Waals surface area contributed by atoms with E-state index in [9.17, 15) is 22.7 Å². The summed E-state index contributed by atoms with van der Waals surface area (Å²) in [6.07, 6.45) is 6.38. The van der Waals surface area contributed by atoms with Gasteiger partial charge in [-0.2, -0.15) is 0 Å². The Hall–Kier alpha value is -2.36. The minimum atomic E-state index is -4.21. The lowest BCUT2D eigenvalue weighted by Gasteiger charge is -2.41. The van der Waals surface area contributed by atoms with E-state index >= 15 is 0 Å². The summed E-state index contributed by atoms with van der Waals surface area (Å²) in [5.74, 6) is -1.92. The molecular weight excluding hydrogens is 469 g/mol. The van der Waals surface area contributed by atoms with Crippen LogP contribution in [0.15, 0.2) is 41.3 Å². The number of nitrogens with one attached hydrogen (secondary N) is 1. The first-order valence-corrected chi connectivity index (χ1v) is 12.9. The fraction of sp³-hybridized carbons (Fsp3) is 0.435. The second-order valence-corrected chi connectivity index (χ2v) is 10.6. The van der Waals surface area contributed by atoms with E-state index in [0.29, 0.717) is 6.04 Å². The van der Waals surface area contributed by atoms with Crippen LogP contribution in [0.25, 0.3) is 0 Å². The standard InChI is InChI=1S/C23H27ClFN3O4S/c24-20-14-16(25)6-9-22(20)33(31,32)26-21-8-7-18(15-19(21)23(29)30)28-12-10-27(11-13-28)17-4-2-1-3-5-17/h6-9,14-15,17,26H,1-5,10-13H2,(H,29,30). The normalized spacial score (nSPS) is 18.3. The van der Waals surface area contributed by atoms with E-state index in [1.807, 2.05) is 0 Å². The van der Waals surface area contributed by atoms with Gasteiger partial charge < -0.3 is 10.0 Å². The monoisotopic (exact) mass is 495 g/mol. The van der Waals surface area contributed by atoms with E-state index in [2.05, 4.69) is 14.5 Å². The fourth-order valence-electron chi connectivity index (χ4n) is 4.68. The number of benzene rings is 2. The topological polar surface area (TPSA) is 89.9 Å². The van der Waals surface area contributed by atoms with Gasteiger partial charge in [-0.25, -0.2) is 17.6 Å². The van der Waals surface area contributed by atoms with Gasteiger partial charge in [-0.1, -0.05) is 30.9 Å². The van der Waals surface area contributed by atoms with Crippen LogP contribution in [0.3, 0.4) is 0 Å². The number of sulfonamides is 1. The molecule has 0 spiro atoms. The maximum absolute atomic E-state index is 13.3. The first kappa shape index (κ1) is 23.8. The van der Waals surface area contributed by atoms with Gasteiger partial charge in [-0.3, -0.25) is 9.62 Å². The molecule has 0 amide bonds. The van der Waals surface area contributed by atoms with Gasteiger partial charge >= 0.3 is 5.97 Å². The Labute approximate surface area is 198 Å². The number of anilines is 2. The molecule has 2 aromatic rings. The van der Waals surface area contributed by atoms with Gasteiger partial charge in [0, 0.05) is 37.9 Å². The Morgan fingerprint density at radius 3 is 2.36 bits per heavy atom. The van der Waals surface area contributed by atoms with Gasteiger partial charge in [0.2, 0.25) is 0 Å². The summed E-state index contributed by atoms with van der Waals surface area (Å²) in [5.41, 5.74) is 0.495. The van der Waals surface area contributed by atoms with Crippen LogP contribution < -0.4 is 9.62 Å². The second-order valence-electron chi connectivity index (χ2n) is 8.53. The van der Waals surface area contributed by atoms with Crippen molar-refractivity contribution in [3.63, 3.8) is 0 Å². The van der Waals surface area contributed by atoms with Gasteiger partial charge in [-0.15, -0.1) is 0 Å². The molecule has 1 aliphatic heterocycles. The molecule has 1 heterocycles. The quantitative estimate of drug-likeness (QED) is 0.616. The van der Waals surface area contributed by atoms with Crippen molar-refractivity contribution in [2.75, 3.05) is 35.8 Å². The molecule has 2 fully saturated rings. The zero-order valence-electron chi connectivity index (χ0n) is 18.1. The van der Waals surface area contributed by atoms with E-state index in [-0.39, 0.29) is 21.2 Å². The average molecular weight is 496 g/mol. The van der Waals surface area contributed by atoms with Crippen molar-refractivity contribution in [2.24, 2.45) is 0 Å². The predicted molar refractivity (Wildman–Crippen MR) is 126 cm³/mol. The summed E-state index contributed by atoms with van der Waals surface area (Å²) in [4.78, 5) is 16.2. The summed E-state index contributed by atoms with van der Waals surface area (Å²) in [6, 6.07) is 8.21. The number of carboxylic acid groups (broad SMARTS) is 1. The van der Waals surface area contributed by atoms with Gasteiger partial charge in [-0.05, 0) is 49.2 Å². The first-order chi connectivity index (χ1) is 15.7.